The second-order valence-electron chi connectivity index (χ2n) is 5.02. The number of benzene rings is 1. The first-order valence-electron chi connectivity index (χ1n) is 6.85. The molecule has 4 heteroatoms. The molecule has 1 aromatic heterocycles. The molecule has 0 fully saturated rings. The van der Waals surface area contributed by atoms with Crippen molar-refractivity contribution in [3.05, 3.63) is 47.9 Å². The molecule has 1 heterocycles. The highest BCUT2D eigenvalue weighted by atomic mass is 16.5. The summed E-state index contributed by atoms with van der Waals surface area (Å²) in [5.74, 6) is 2.79. The molecule has 0 saturated carbocycles. The van der Waals surface area contributed by atoms with Crippen LogP contribution in [0.4, 0.5) is 5.69 Å². The standard InChI is InChI=1S/C16H22N2O2/c1-13-7-8-16(20-13)12-18(2)9-4-10-19-15-6-3-5-14(17)11-15/h3,5-8,11H,4,9-10,12,17H2,1-2H3. The molecule has 0 aliphatic heterocycles. The summed E-state index contributed by atoms with van der Waals surface area (Å²) >= 11 is 0. The summed E-state index contributed by atoms with van der Waals surface area (Å²) in [7, 11) is 2.08. The Bertz CT molecular complexity index is 537. The van der Waals surface area contributed by atoms with Crippen molar-refractivity contribution in [1.82, 2.24) is 4.90 Å². The molecule has 0 bridgehead atoms. The van der Waals surface area contributed by atoms with E-state index in [-0.39, 0.29) is 0 Å². The van der Waals surface area contributed by atoms with Crippen LogP contribution in [0.25, 0.3) is 0 Å². The van der Waals surface area contributed by atoms with Crippen LogP contribution in [0.15, 0.2) is 40.8 Å². The molecule has 1 aromatic carbocycles. The van der Waals surface area contributed by atoms with Crippen LogP contribution in [-0.2, 0) is 6.54 Å². The van der Waals surface area contributed by atoms with Crippen LogP contribution in [0.5, 0.6) is 5.75 Å². The Hall–Kier alpha value is -1.94. The Morgan fingerprint density at radius 1 is 1.25 bits per heavy atom. The predicted octanol–water partition coefficient (Wildman–Crippen LogP) is 3.07. The fourth-order valence-electron chi connectivity index (χ4n) is 2.04. The van der Waals surface area contributed by atoms with Crippen molar-refractivity contribution in [2.45, 2.75) is 19.9 Å². The maximum atomic E-state index is 5.70. The van der Waals surface area contributed by atoms with E-state index in [1.807, 2.05) is 43.3 Å². The zero-order valence-corrected chi connectivity index (χ0v) is 12.1. The van der Waals surface area contributed by atoms with E-state index in [4.69, 9.17) is 14.9 Å². The van der Waals surface area contributed by atoms with Gasteiger partial charge in [-0.15, -0.1) is 0 Å². The maximum Gasteiger partial charge on any atom is 0.121 e. The summed E-state index contributed by atoms with van der Waals surface area (Å²) in [6.45, 7) is 4.43. The second kappa shape index (κ2) is 7.01. The van der Waals surface area contributed by atoms with Crippen molar-refractivity contribution in [3.8, 4) is 5.75 Å². The lowest BCUT2D eigenvalue weighted by atomic mass is 10.3. The lowest BCUT2D eigenvalue weighted by Crippen LogP contribution is -2.20. The first-order chi connectivity index (χ1) is 9.63. The van der Waals surface area contributed by atoms with Gasteiger partial charge in [-0.3, -0.25) is 4.90 Å². The zero-order valence-electron chi connectivity index (χ0n) is 12.1. The van der Waals surface area contributed by atoms with Crippen LogP contribution < -0.4 is 10.5 Å². The lowest BCUT2D eigenvalue weighted by Gasteiger charge is -2.15. The van der Waals surface area contributed by atoms with Crippen LogP contribution in [-0.4, -0.2) is 25.1 Å². The number of nitrogens with two attached hydrogens (primary N) is 1. The average molecular weight is 274 g/mol. The fraction of sp³-hybridized carbons (Fsp3) is 0.375. The molecule has 0 unspecified atom stereocenters. The molecule has 2 rings (SSSR count). The molecule has 0 amide bonds. The fourth-order valence-corrected chi connectivity index (χ4v) is 2.04. The first-order valence-corrected chi connectivity index (χ1v) is 6.85. The van der Waals surface area contributed by atoms with Gasteiger partial charge in [-0.1, -0.05) is 6.07 Å². The molecule has 108 valence electrons. The van der Waals surface area contributed by atoms with E-state index < -0.39 is 0 Å². The third-order valence-corrected chi connectivity index (χ3v) is 3.03. The summed E-state index contributed by atoms with van der Waals surface area (Å²) in [4.78, 5) is 2.22. The van der Waals surface area contributed by atoms with Crippen LogP contribution in [0.3, 0.4) is 0 Å². The minimum atomic E-state index is 0.685. The number of nitrogens with zero attached hydrogens (tertiary/aromatic N) is 1. The van der Waals surface area contributed by atoms with Gasteiger partial charge in [0.2, 0.25) is 0 Å². The number of nitrogen functional groups attached to an aromatic ring is 1. The van der Waals surface area contributed by atoms with Gasteiger partial charge >= 0.3 is 0 Å². The molecule has 0 aliphatic rings. The smallest absolute Gasteiger partial charge is 0.121 e. The summed E-state index contributed by atoms with van der Waals surface area (Å²) in [5, 5.41) is 0. The summed E-state index contributed by atoms with van der Waals surface area (Å²) in [6.07, 6.45) is 0.963. The van der Waals surface area contributed by atoms with E-state index >= 15 is 0 Å². The van der Waals surface area contributed by atoms with Crippen LogP contribution >= 0.6 is 0 Å². The van der Waals surface area contributed by atoms with Crippen molar-refractivity contribution in [1.29, 1.82) is 0 Å². The summed E-state index contributed by atoms with van der Waals surface area (Å²) in [5.41, 5.74) is 6.43. The lowest BCUT2D eigenvalue weighted by molar-refractivity contribution is 0.246. The number of aryl methyl sites for hydroxylation is 1. The Morgan fingerprint density at radius 2 is 2.10 bits per heavy atom. The molecule has 0 saturated heterocycles. The quantitative estimate of drug-likeness (QED) is 0.622. The minimum absolute atomic E-state index is 0.685. The molecule has 20 heavy (non-hydrogen) atoms. The molecule has 2 N–H and O–H groups in total. The van der Waals surface area contributed by atoms with Crippen molar-refractivity contribution in [3.63, 3.8) is 0 Å². The van der Waals surface area contributed by atoms with Crippen LogP contribution in [0.1, 0.15) is 17.9 Å². The van der Waals surface area contributed by atoms with Crippen molar-refractivity contribution in [2.24, 2.45) is 0 Å². The van der Waals surface area contributed by atoms with E-state index in [1.165, 1.54) is 0 Å². The van der Waals surface area contributed by atoms with E-state index in [2.05, 4.69) is 11.9 Å². The van der Waals surface area contributed by atoms with E-state index in [0.29, 0.717) is 6.61 Å². The largest absolute Gasteiger partial charge is 0.493 e. The molecular weight excluding hydrogens is 252 g/mol. The molecule has 0 spiro atoms. The summed E-state index contributed by atoms with van der Waals surface area (Å²) < 4.78 is 11.2. The Morgan fingerprint density at radius 3 is 2.80 bits per heavy atom. The number of furan rings is 1. The zero-order chi connectivity index (χ0) is 14.4. The SMILES string of the molecule is Cc1ccc(CN(C)CCCOc2cccc(N)c2)o1. The van der Waals surface area contributed by atoms with Gasteiger partial charge in [0.15, 0.2) is 0 Å². The highest BCUT2D eigenvalue weighted by Crippen LogP contribution is 2.14. The number of hydrogen-bond donors (Lipinski definition) is 1. The van der Waals surface area contributed by atoms with Crippen LogP contribution in [0.2, 0.25) is 0 Å². The Balaban J connectivity index is 1.65. The number of anilines is 1. The van der Waals surface area contributed by atoms with Gasteiger partial charge in [0.25, 0.3) is 0 Å². The summed E-state index contributed by atoms with van der Waals surface area (Å²) in [6, 6.07) is 11.5. The Kier molecular flexibility index (Phi) is 5.07. The number of hydrogen-bond acceptors (Lipinski definition) is 4. The van der Waals surface area contributed by atoms with Gasteiger partial charge in [0.05, 0.1) is 13.2 Å². The van der Waals surface area contributed by atoms with Gasteiger partial charge in [-0.05, 0) is 44.7 Å². The predicted molar refractivity (Wildman–Crippen MR) is 80.7 cm³/mol. The minimum Gasteiger partial charge on any atom is -0.493 e. The number of rotatable bonds is 7. The van der Waals surface area contributed by atoms with Crippen molar-refractivity contribution >= 4 is 5.69 Å². The number of ether oxygens (including phenoxy) is 1. The second-order valence-corrected chi connectivity index (χ2v) is 5.02. The van der Waals surface area contributed by atoms with Gasteiger partial charge in [-0.25, -0.2) is 0 Å². The van der Waals surface area contributed by atoms with Crippen LogP contribution in [0, 0.1) is 6.92 Å². The van der Waals surface area contributed by atoms with E-state index in [9.17, 15) is 0 Å². The van der Waals surface area contributed by atoms with Gasteiger partial charge < -0.3 is 14.9 Å². The van der Waals surface area contributed by atoms with Gasteiger partial charge in [0.1, 0.15) is 17.3 Å². The molecule has 0 atom stereocenters. The normalized spacial score (nSPS) is 10.9. The highest BCUT2D eigenvalue weighted by Gasteiger charge is 2.04. The molecule has 4 nitrogen and oxygen atoms in total. The van der Waals surface area contributed by atoms with E-state index in [1.54, 1.807) is 0 Å². The first kappa shape index (κ1) is 14.5. The highest BCUT2D eigenvalue weighted by molar-refractivity contribution is 5.43. The monoisotopic (exact) mass is 274 g/mol. The molecular formula is C16H22N2O2. The van der Waals surface area contributed by atoms with Crippen molar-refractivity contribution < 1.29 is 9.15 Å². The van der Waals surface area contributed by atoms with E-state index in [0.717, 1.165) is 42.5 Å². The third kappa shape index (κ3) is 4.63. The third-order valence-electron chi connectivity index (χ3n) is 3.03. The van der Waals surface area contributed by atoms with Gasteiger partial charge in [0, 0.05) is 18.3 Å². The average Bonchev–Trinajstić information content (AvgIpc) is 2.80. The molecule has 0 radical (unpaired) electrons. The van der Waals surface area contributed by atoms with Gasteiger partial charge in [-0.2, -0.15) is 0 Å². The Labute approximate surface area is 120 Å². The maximum absolute atomic E-state index is 5.70. The molecule has 2 aromatic rings. The molecule has 0 aliphatic carbocycles. The topological polar surface area (TPSA) is 51.6 Å². The van der Waals surface area contributed by atoms with Crippen molar-refractivity contribution in [2.75, 3.05) is 25.9 Å².